The Balaban J connectivity index is 1.53. The molecular weight excluding hydrogens is 556 g/mol. The molecule has 8 nitrogen and oxygen atoms in total. The summed E-state index contributed by atoms with van der Waals surface area (Å²) in [5, 5.41) is 31.7. The van der Waals surface area contributed by atoms with Gasteiger partial charge in [0, 0.05) is 37.6 Å². The van der Waals surface area contributed by atoms with Gasteiger partial charge in [-0.15, -0.1) is 4.99 Å². The molecule has 0 aliphatic carbocycles. The van der Waals surface area contributed by atoms with Gasteiger partial charge in [0.1, 0.15) is 17.4 Å². The van der Waals surface area contributed by atoms with E-state index in [0.717, 1.165) is 54.0 Å². The van der Waals surface area contributed by atoms with Crippen molar-refractivity contribution in [3.8, 4) is 23.0 Å². The number of aromatic hydroxyl groups is 2. The van der Waals surface area contributed by atoms with E-state index in [1.54, 1.807) is 30.3 Å². The number of benzene rings is 2. The highest BCUT2D eigenvalue weighted by Crippen LogP contribution is 2.33. The van der Waals surface area contributed by atoms with Crippen molar-refractivity contribution in [2.45, 2.75) is 70.8 Å². The van der Waals surface area contributed by atoms with Crippen LogP contribution in [0.3, 0.4) is 0 Å². The van der Waals surface area contributed by atoms with Crippen molar-refractivity contribution in [3.63, 3.8) is 0 Å². The first-order chi connectivity index (χ1) is 21.3. The van der Waals surface area contributed by atoms with Crippen LogP contribution in [0, 0.1) is 17.9 Å². The summed E-state index contributed by atoms with van der Waals surface area (Å²) in [5.74, 6) is 0.162. The number of carbonyl (C=O) groups excluding carboxylic acids is 1. The van der Waals surface area contributed by atoms with Gasteiger partial charge in [0.15, 0.2) is 29.2 Å². The predicted octanol–water partition coefficient (Wildman–Crippen LogP) is 6.54. The van der Waals surface area contributed by atoms with Crippen molar-refractivity contribution >= 4 is 12.0 Å². The average Bonchev–Trinajstić information content (AvgIpc) is 3.70. The number of phenolic OH excluding ortho intramolecular Hbond substituents is 2. The molecule has 0 radical (unpaired) electrons. The van der Waals surface area contributed by atoms with E-state index in [9.17, 15) is 20.1 Å². The second-order valence-electron chi connectivity index (χ2n) is 11.7. The SMILES string of the molecule is CCCCC[C+]1C=C(CC(Cc2ccc(O)c(OC)c2)C(=O)CC(O)C(Cc2cc[nH]c2)Cc2ccc(O)c(OC)c2)C=N1. The molecule has 0 fully saturated rings. The van der Waals surface area contributed by atoms with E-state index < -0.39 is 12.0 Å². The standard InChI is InChI=1S/C36H44N2O6/c1-4-5-6-7-30-18-27(23-38-30)17-29(15-25-9-11-32(40)36(20-25)44-3)34(42)21-33(41)28(16-26-12-13-37-22-26)14-24-8-10-31(39)35(19-24)43-2/h8-13,18-20,22-23,28-29,33,37,41H,4-7,14-17,21H2,1-3H3,(H-,39,40)/p+1. The number of ether oxygens (including phenoxy) is 2. The minimum atomic E-state index is -0.892. The number of aromatic nitrogens is 1. The maximum atomic E-state index is 14.0. The first-order valence-corrected chi connectivity index (χ1v) is 15.4. The Hall–Kier alpha value is -4.17. The number of hydrogen-bond acceptors (Lipinski definition) is 7. The molecule has 0 spiro atoms. The van der Waals surface area contributed by atoms with Crippen molar-refractivity contribution in [3.05, 3.63) is 89.2 Å². The highest BCUT2D eigenvalue weighted by molar-refractivity contribution is 5.87. The molecule has 4 N–H and O–H groups in total. The van der Waals surface area contributed by atoms with Crippen LogP contribution in [0.25, 0.3) is 0 Å². The van der Waals surface area contributed by atoms with Crippen molar-refractivity contribution in [2.75, 3.05) is 14.2 Å². The number of methoxy groups -OCH3 is 2. The second kappa shape index (κ2) is 16.1. The Morgan fingerprint density at radius 2 is 1.57 bits per heavy atom. The van der Waals surface area contributed by atoms with Crippen molar-refractivity contribution in [1.82, 2.24) is 4.98 Å². The molecule has 44 heavy (non-hydrogen) atoms. The number of rotatable bonds is 18. The monoisotopic (exact) mass is 601 g/mol. The number of ketones is 1. The minimum absolute atomic E-state index is 0.00167. The van der Waals surface area contributed by atoms with Crippen LogP contribution in [-0.2, 0) is 24.1 Å². The van der Waals surface area contributed by atoms with Crippen molar-refractivity contribution < 1.29 is 29.6 Å². The lowest BCUT2D eigenvalue weighted by Gasteiger charge is -2.24. The Morgan fingerprint density at radius 3 is 2.18 bits per heavy atom. The van der Waals surface area contributed by atoms with E-state index in [1.165, 1.54) is 14.2 Å². The first kappa shape index (κ1) is 32.7. The number of H-pyrrole nitrogens is 1. The molecule has 4 rings (SSSR count). The summed E-state index contributed by atoms with van der Waals surface area (Å²) >= 11 is 0. The van der Waals surface area contributed by atoms with E-state index in [-0.39, 0.29) is 29.6 Å². The number of nitrogens with zero attached hydrogens (tertiary/aromatic N) is 1. The van der Waals surface area contributed by atoms with Gasteiger partial charge >= 0.3 is 0 Å². The van der Waals surface area contributed by atoms with E-state index in [1.807, 2.05) is 30.7 Å². The van der Waals surface area contributed by atoms with Gasteiger partial charge in [0.05, 0.1) is 26.4 Å². The Kier molecular flexibility index (Phi) is 11.9. The summed E-state index contributed by atoms with van der Waals surface area (Å²) in [4.78, 5) is 21.7. The molecule has 3 aromatic rings. The number of aliphatic hydroxyl groups excluding tert-OH is 1. The van der Waals surface area contributed by atoms with Crippen LogP contribution in [0.2, 0.25) is 0 Å². The van der Waals surface area contributed by atoms with Crippen molar-refractivity contribution in [1.29, 1.82) is 0 Å². The van der Waals surface area contributed by atoms with Crippen LogP contribution in [0.15, 0.2) is 71.5 Å². The summed E-state index contributed by atoms with van der Waals surface area (Å²) in [6.45, 7) is 2.18. The second-order valence-corrected chi connectivity index (χ2v) is 11.7. The van der Waals surface area contributed by atoms with Gasteiger partial charge in [-0.2, -0.15) is 0 Å². The van der Waals surface area contributed by atoms with E-state index >= 15 is 0 Å². The average molecular weight is 602 g/mol. The number of Topliss-reactive ketones (excluding diaryl/α,β-unsaturated/α-hetero) is 1. The number of allylic oxidation sites excluding steroid dienone is 1. The third kappa shape index (κ3) is 9.16. The molecule has 0 bridgehead atoms. The van der Waals surface area contributed by atoms with Gasteiger partial charge in [-0.3, -0.25) is 4.79 Å². The van der Waals surface area contributed by atoms with Crippen molar-refractivity contribution in [2.24, 2.45) is 16.8 Å². The van der Waals surface area contributed by atoms with E-state index in [2.05, 4.69) is 23.0 Å². The molecule has 3 atom stereocenters. The van der Waals surface area contributed by atoms with Gasteiger partial charge in [-0.25, -0.2) is 0 Å². The number of unbranched alkanes of at least 4 members (excludes halogenated alkanes) is 2. The molecule has 0 amide bonds. The normalized spacial score (nSPS) is 14.7. The summed E-state index contributed by atoms with van der Waals surface area (Å²) in [7, 11) is 3.01. The third-order valence-corrected chi connectivity index (χ3v) is 8.31. The topological polar surface area (TPSA) is 124 Å². The quantitative estimate of drug-likeness (QED) is 0.0970. The molecule has 0 saturated carbocycles. The lowest BCUT2D eigenvalue weighted by molar-refractivity contribution is -0.125. The third-order valence-electron chi connectivity index (χ3n) is 8.31. The molecular formula is C36H45N2O6+. The molecule has 3 unspecified atom stereocenters. The largest absolute Gasteiger partial charge is 0.504 e. The smallest absolute Gasteiger partial charge is 0.176 e. The molecule has 2 aromatic carbocycles. The van der Waals surface area contributed by atoms with Crippen LogP contribution < -0.4 is 9.47 Å². The molecule has 1 aliphatic heterocycles. The van der Waals surface area contributed by atoms with Gasteiger partial charge in [-0.05, 0) is 78.6 Å². The summed E-state index contributed by atoms with van der Waals surface area (Å²) < 4.78 is 10.6. The number of nitrogens with one attached hydrogen (secondary N) is 1. The van der Waals surface area contributed by atoms with Crippen LogP contribution in [0.5, 0.6) is 23.0 Å². The highest BCUT2D eigenvalue weighted by atomic mass is 16.5. The van der Waals surface area contributed by atoms with Gasteiger partial charge in [0.25, 0.3) is 0 Å². The zero-order chi connectivity index (χ0) is 31.5. The number of carbonyl (C=O) groups is 1. The van der Waals surface area contributed by atoms with E-state index in [0.29, 0.717) is 37.2 Å². The number of hydrogen-bond donors (Lipinski definition) is 4. The maximum Gasteiger partial charge on any atom is 0.176 e. The predicted molar refractivity (Wildman–Crippen MR) is 172 cm³/mol. The maximum absolute atomic E-state index is 14.0. The van der Waals surface area contributed by atoms with Crippen LogP contribution in [0.1, 0.15) is 62.1 Å². The Bertz CT molecular complexity index is 1410. The van der Waals surface area contributed by atoms with Crippen LogP contribution >= 0.6 is 0 Å². The lowest BCUT2D eigenvalue weighted by Crippen LogP contribution is -2.30. The summed E-state index contributed by atoms with van der Waals surface area (Å²) in [5.41, 5.74) is 3.82. The minimum Gasteiger partial charge on any atom is -0.504 e. The molecule has 1 aliphatic rings. The zero-order valence-electron chi connectivity index (χ0n) is 26.0. The Morgan fingerprint density at radius 1 is 0.909 bits per heavy atom. The number of aliphatic hydroxyl groups is 1. The van der Waals surface area contributed by atoms with Gasteiger partial charge in [-0.1, -0.05) is 31.9 Å². The fourth-order valence-corrected chi connectivity index (χ4v) is 5.80. The summed E-state index contributed by atoms with van der Waals surface area (Å²) in [6.07, 6.45) is 13.2. The first-order valence-electron chi connectivity index (χ1n) is 15.4. The highest BCUT2D eigenvalue weighted by Gasteiger charge is 2.31. The number of aliphatic imine (C=N–C) groups is 1. The van der Waals surface area contributed by atoms with Crippen LogP contribution in [-0.4, -0.2) is 52.6 Å². The van der Waals surface area contributed by atoms with E-state index in [4.69, 9.17) is 9.47 Å². The molecule has 8 heteroatoms. The molecule has 0 saturated heterocycles. The molecule has 2 heterocycles. The summed E-state index contributed by atoms with van der Waals surface area (Å²) in [6, 6.07) is 13.3. The fraction of sp³-hybridized carbons (Fsp3) is 0.417. The van der Waals surface area contributed by atoms with Gasteiger partial charge in [0.2, 0.25) is 0 Å². The number of phenols is 2. The van der Waals surface area contributed by atoms with Crippen LogP contribution in [0.4, 0.5) is 0 Å². The lowest BCUT2D eigenvalue weighted by atomic mass is 9.82. The zero-order valence-corrected chi connectivity index (χ0v) is 26.0. The van der Waals surface area contributed by atoms with Gasteiger partial charge < -0.3 is 29.8 Å². The molecule has 234 valence electrons. The fourth-order valence-electron chi connectivity index (χ4n) is 5.80. The molecule has 1 aromatic heterocycles. The Labute approximate surface area is 260 Å². The number of aromatic amines is 1.